The standard InChI is InChI=1S/C19H18N4O2S/c20-14-15-4-3-6-17(12-15)26(24,25)23-18-7-2-1-5-16(18)13-19(23)22-10-8-21-9-11-22/h1-7,12-13,21H,8-11H2. The maximum absolute atomic E-state index is 13.5. The molecule has 4 rings (SSSR count). The Morgan fingerprint density at radius 1 is 1.00 bits per heavy atom. The Bertz CT molecular complexity index is 1110. The summed E-state index contributed by atoms with van der Waals surface area (Å²) >= 11 is 0. The fourth-order valence-corrected chi connectivity index (χ4v) is 4.89. The first kappa shape index (κ1) is 16.6. The van der Waals surface area contributed by atoms with Crippen molar-refractivity contribution < 1.29 is 8.42 Å². The van der Waals surface area contributed by atoms with Crippen molar-refractivity contribution in [3.8, 4) is 6.07 Å². The number of para-hydroxylation sites is 1. The molecule has 0 bridgehead atoms. The van der Waals surface area contributed by atoms with Crippen molar-refractivity contribution in [2.45, 2.75) is 4.90 Å². The van der Waals surface area contributed by atoms with E-state index in [1.807, 2.05) is 36.4 Å². The second-order valence-electron chi connectivity index (χ2n) is 6.21. The Balaban J connectivity index is 1.95. The van der Waals surface area contributed by atoms with E-state index in [-0.39, 0.29) is 4.90 Å². The van der Waals surface area contributed by atoms with E-state index in [1.165, 1.54) is 16.1 Å². The summed E-state index contributed by atoms with van der Waals surface area (Å²) in [5, 5.41) is 13.3. The first-order chi connectivity index (χ1) is 12.6. The lowest BCUT2D eigenvalue weighted by molar-refractivity contribution is 0.573. The highest BCUT2D eigenvalue weighted by Crippen LogP contribution is 2.31. The van der Waals surface area contributed by atoms with E-state index in [0.717, 1.165) is 31.6 Å². The number of benzene rings is 2. The molecule has 3 aromatic rings. The second kappa shape index (κ2) is 6.48. The first-order valence-electron chi connectivity index (χ1n) is 8.43. The molecule has 7 heteroatoms. The number of nitrogens with one attached hydrogen (secondary N) is 1. The molecule has 1 aliphatic rings. The molecule has 0 amide bonds. The van der Waals surface area contributed by atoms with Crippen molar-refractivity contribution in [2.75, 3.05) is 31.1 Å². The third-order valence-corrected chi connectivity index (χ3v) is 6.30. The van der Waals surface area contributed by atoms with Crippen molar-refractivity contribution in [3.05, 3.63) is 60.2 Å². The van der Waals surface area contributed by atoms with Gasteiger partial charge in [0, 0.05) is 31.6 Å². The third-order valence-electron chi connectivity index (χ3n) is 4.59. The van der Waals surface area contributed by atoms with Crippen molar-refractivity contribution in [2.24, 2.45) is 0 Å². The molecule has 0 spiro atoms. The van der Waals surface area contributed by atoms with Crippen molar-refractivity contribution in [1.82, 2.24) is 9.29 Å². The molecule has 1 N–H and O–H groups in total. The van der Waals surface area contributed by atoms with Crippen molar-refractivity contribution in [1.29, 1.82) is 5.26 Å². The average Bonchev–Trinajstić information content (AvgIpc) is 3.09. The molecule has 1 aromatic heterocycles. The zero-order chi connectivity index (χ0) is 18.1. The highest BCUT2D eigenvalue weighted by molar-refractivity contribution is 7.90. The van der Waals surface area contributed by atoms with Crippen LogP contribution in [-0.4, -0.2) is 38.6 Å². The number of piperazine rings is 1. The van der Waals surface area contributed by atoms with Crippen LogP contribution in [0.25, 0.3) is 10.9 Å². The largest absolute Gasteiger partial charge is 0.355 e. The van der Waals surface area contributed by atoms with Crippen LogP contribution in [0.2, 0.25) is 0 Å². The van der Waals surface area contributed by atoms with Gasteiger partial charge in [0.2, 0.25) is 0 Å². The van der Waals surface area contributed by atoms with E-state index in [1.54, 1.807) is 12.1 Å². The second-order valence-corrected chi connectivity index (χ2v) is 7.99. The van der Waals surface area contributed by atoms with E-state index in [9.17, 15) is 8.42 Å². The van der Waals surface area contributed by atoms with Gasteiger partial charge in [0.05, 0.1) is 22.0 Å². The molecule has 0 saturated carbocycles. The highest BCUT2D eigenvalue weighted by Gasteiger charge is 2.26. The van der Waals surface area contributed by atoms with Gasteiger partial charge in [0.15, 0.2) is 0 Å². The SMILES string of the molecule is N#Cc1cccc(S(=O)(=O)n2c(N3CCNCC3)cc3ccccc32)c1. The Hall–Kier alpha value is -2.82. The number of nitrogens with zero attached hydrogens (tertiary/aromatic N) is 3. The number of hydrogen-bond donors (Lipinski definition) is 1. The topological polar surface area (TPSA) is 78.1 Å². The third kappa shape index (κ3) is 2.73. The van der Waals surface area contributed by atoms with Crippen LogP contribution in [0.3, 0.4) is 0 Å². The lowest BCUT2D eigenvalue weighted by Crippen LogP contribution is -2.44. The summed E-state index contributed by atoms with van der Waals surface area (Å²) in [4.78, 5) is 2.21. The molecule has 6 nitrogen and oxygen atoms in total. The summed E-state index contributed by atoms with van der Waals surface area (Å²) in [6.45, 7) is 3.10. The molecule has 0 radical (unpaired) electrons. The summed E-state index contributed by atoms with van der Waals surface area (Å²) in [7, 11) is -3.83. The fraction of sp³-hybridized carbons (Fsp3) is 0.211. The highest BCUT2D eigenvalue weighted by atomic mass is 32.2. The zero-order valence-electron chi connectivity index (χ0n) is 14.1. The minimum Gasteiger partial charge on any atom is -0.355 e. The van der Waals surface area contributed by atoms with Crippen LogP contribution in [0.1, 0.15) is 5.56 Å². The van der Waals surface area contributed by atoms with Crippen LogP contribution in [0.4, 0.5) is 5.82 Å². The number of fused-ring (bicyclic) bond motifs is 1. The average molecular weight is 366 g/mol. The molecule has 1 aliphatic heterocycles. The minimum atomic E-state index is -3.83. The molecule has 2 aromatic carbocycles. The lowest BCUT2D eigenvalue weighted by Gasteiger charge is -2.30. The summed E-state index contributed by atoms with van der Waals surface area (Å²) in [6.07, 6.45) is 0. The predicted octanol–water partition coefficient (Wildman–Crippen LogP) is 2.16. The summed E-state index contributed by atoms with van der Waals surface area (Å²) in [6, 6.07) is 17.5. The van der Waals surface area contributed by atoms with Crippen LogP contribution < -0.4 is 10.2 Å². The molecule has 1 saturated heterocycles. The summed E-state index contributed by atoms with van der Waals surface area (Å²) < 4.78 is 28.3. The van der Waals surface area contributed by atoms with Crippen LogP contribution >= 0.6 is 0 Å². The van der Waals surface area contributed by atoms with E-state index < -0.39 is 10.0 Å². The summed E-state index contributed by atoms with van der Waals surface area (Å²) in [5.41, 5.74) is 0.967. The van der Waals surface area contributed by atoms with Gasteiger partial charge in [0.25, 0.3) is 10.0 Å². The van der Waals surface area contributed by atoms with E-state index in [0.29, 0.717) is 16.9 Å². The molecule has 26 heavy (non-hydrogen) atoms. The smallest absolute Gasteiger partial charge is 0.269 e. The van der Waals surface area contributed by atoms with Gasteiger partial charge in [-0.15, -0.1) is 0 Å². The van der Waals surface area contributed by atoms with Crippen LogP contribution in [-0.2, 0) is 10.0 Å². The molecule has 0 aliphatic carbocycles. The van der Waals surface area contributed by atoms with Crippen LogP contribution in [0.5, 0.6) is 0 Å². The Morgan fingerprint density at radius 2 is 1.77 bits per heavy atom. The Morgan fingerprint density at radius 3 is 2.54 bits per heavy atom. The summed E-state index contributed by atoms with van der Waals surface area (Å²) in [5.74, 6) is 0.662. The van der Waals surface area contributed by atoms with Crippen molar-refractivity contribution >= 4 is 26.7 Å². The van der Waals surface area contributed by atoms with Gasteiger partial charge in [-0.25, -0.2) is 12.4 Å². The monoisotopic (exact) mass is 366 g/mol. The predicted molar refractivity (Wildman–Crippen MR) is 101 cm³/mol. The zero-order valence-corrected chi connectivity index (χ0v) is 14.9. The molecule has 132 valence electrons. The lowest BCUT2D eigenvalue weighted by atomic mass is 10.2. The van der Waals surface area contributed by atoms with Crippen LogP contribution in [0.15, 0.2) is 59.5 Å². The van der Waals surface area contributed by atoms with Gasteiger partial charge in [0.1, 0.15) is 5.82 Å². The number of aromatic nitrogens is 1. The molecular formula is C19H18N4O2S. The fourth-order valence-electron chi connectivity index (χ4n) is 3.31. The van der Waals surface area contributed by atoms with E-state index in [2.05, 4.69) is 10.2 Å². The molecule has 2 heterocycles. The number of anilines is 1. The Kier molecular flexibility index (Phi) is 4.15. The molecule has 0 unspecified atom stereocenters. The molecular weight excluding hydrogens is 348 g/mol. The quantitative estimate of drug-likeness (QED) is 0.769. The van der Waals surface area contributed by atoms with Gasteiger partial charge < -0.3 is 10.2 Å². The number of nitriles is 1. The van der Waals surface area contributed by atoms with E-state index >= 15 is 0 Å². The van der Waals surface area contributed by atoms with Gasteiger partial charge in [-0.2, -0.15) is 5.26 Å². The van der Waals surface area contributed by atoms with Gasteiger partial charge in [-0.1, -0.05) is 24.3 Å². The van der Waals surface area contributed by atoms with Gasteiger partial charge in [-0.05, 0) is 30.3 Å². The molecule has 0 atom stereocenters. The van der Waals surface area contributed by atoms with Crippen LogP contribution in [0, 0.1) is 11.3 Å². The van der Waals surface area contributed by atoms with E-state index in [4.69, 9.17) is 5.26 Å². The number of hydrogen-bond acceptors (Lipinski definition) is 5. The maximum atomic E-state index is 13.5. The van der Waals surface area contributed by atoms with Gasteiger partial charge in [-0.3, -0.25) is 0 Å². The van der Waals surface area contributed by atoms with Crippen molar-refractivity contribution in [3.63, 3.8) is 0 Å². The molecule has 1 fully saturated rings. The van der Waals surface area contributed by atoms with Gasteiger partial charge >= 0.3 is 0 Å². The first-order valence-corrected chi connectivity index (χ1v) is 9.87. The minimum absolute atomic E-state index is 0.120. The Labute approximate surface area is 152 Å². The maximum Gasteiger partial charge on any atom is 0.269 e. The normalized spacial score (nSPS) is 15.1. The number of rotatable bonds is 3.